The maximum Gasteiger partial charge on any atom is 0.258 e. The fourth-order valence-electron chi connectivity index (χ4n) is 4.72. The standard InChI is InChI=1S/C24H20N4O2/c25-11-16-3-5-18(6-4-16)23(29)27-13-17-10-20(15-27)22-8-7-21(24(30)28(22)14-17)19-2-1-9-26-12-19/h1-9,12,17,20H,10,13-15H2/t17-,20-/m1/s1. The number of carbonyl (C=O) groups is 1. The molecule has 0 N–H and O–H groups in total. The van der Waals surface area contributed by atoms with Gasteiger partial charge < -0.3 is 9.47 Å². The summed E-state index contributed by atoms with van der Waals surface area (Å²) in [6.45, 7) is 1.86. The average molecular weight is 396 g/mol. The summed E-state index contributed by atoms with van der Waals surface area (Å²) in [7, 11) is 0. The van der Waals surface area contributed by atoms with Crippen LogP contribution in [0.2, 0.25) is 0 Å². The second-order valence-corrected chi connectivity index (χ2v) is 8.03. The van der Waals surface area contributed by atoms with Crippen LogP contribution in [0.1, 0.15) is 34.0 Å². The van der Waals surface area contributed by atoms with Gasteiger partial charge in [-0.2, -0.15) is 5.26 Å². The van der Waals surface area contributed by atoms with Gasteiger partial charge in [0, 0.05) is 60.3 Å². The monoisotopic (exact) mass is 396 g/mol. The third kappa shape index (κ3) is 3.09. The minimum atomic E-state index is -0.0167. The fourth-order valence-corrected chi connectivity index (χ4v) is 4.72. The van der Waals surface area contributed by atoms with Crippen LogP contribution in [0.5, 0.6) is 0 Å². The molecule has 5 rings (SSSR count). The van der Waals surface area contributed by atoms with Crippen LogP contribution in [0.4, 0.5) is 0 Å². The highest BCUT2D eigenvalue weighted by Gasteiger charge is 2.37. The lowest BCUT2D eigenvalue weighted by Crippen LogP contribution is -2.49. The Balaban J connectivity index is 1.44. The maximum absolute atomic E-state index is 13.2. The lowest BCUT2D eigenvalue weighted by molar-refractivity contribution is 0.0594. The Morgan fingerprint density at radius 3 is 2.63 bits per heavy atom. The Labute approximate surface area is 174 Å². The van der Waals surface area contributed by atoms with E-state index >= 15 is 0 Å². The molecule has 1 saturated heterocycles. The molecule has 0 saturated carbocycles. The highest BCUT2D eigenvalue weighted by Crippen LogP contribution is 2.36. The predicted molar refractivity (Wildman–Crippen MR) is 112 cm³/mol. The number of nitrogens with zero attached hydrogens (tertiary/aromatic N) is 4. The number of likely N-dealkylation sites (tertiary alicyclic amines) is 1. The van der Waals surface area contributed by atoms with Gasteiger partial charge in [0.1, 0.15) is 0 Å². The van der Waals surface area contributed by atoms with Crippen LogP contribution in [-0.2, 0) is 6.54 Å². The molecule has 0 spiro atoms. The van der Waals surface area contributed by atoms with Crippen molar-refractivity contribution in [3.8, 4) is 17.2 Å². The third-order valence-corrected chi connectivity index (χ3v) is 6.12. The van der Waals surface area contributed by atoms with Crippen molar-refractivity contribution < 1.29 is 4.79 Å². The molecule has 148 valence electrons. The Morgan fingerprint density at radius 2 is 1.90 bits per heavy atom. The summed E-state index contributed by atoms with van der Waals surface area (Å²) in [4.78, 5) is 32.2. The maximum atomic E-state index is 13.2. The molecular formula is C24H20N4O2. The topological polar surface area (TPSA) is 79.0 Å². The van der Waals surface area contributed by atoms with Crippen LogP contribution in [-0.4, -0.2) is 33.4 Å². The van der Waals surface area contributed by atoms with E-state index in [0.717, 1.165) is 17.7 Å². The van der Waals surface area contributed by atoms with E-state index in [1.165, 1.54) is 0 Å². The van der Waals surface area contributed by atoms with Gasteiger partial charge in [-0.25, -0.2) is 0 Å². The van der Waals surface area contributed by atoms with Crippen molar-refractivity contribution in [2.24, 2.45) is 5.92 Å². The summed E-state index contributed by atoms with van der Waals surface area (Å²) in [6.07, 6.45) is 4.40. The number of amides is 1. The summed E-state index contributed by atoms with van der Waals surface area (Å²) >= 11 is 0. The summed E-state index contributed by atoms with van der Waals surface area (Å²) in [6, 6.07) is 16.5. The van der Waals surface area contributed by atoms with Crippen LogP contribution >= 0.6 is 0 Å². The zero-order valence-corrected chi connectivity index (χ0v) is 16.4. The van der Waals surface area contributed by atoms with Gasteiger partial charge in [-0.1, -0.05) is 6.07 Å². The molecular weight excluding hydrogens is 376 g/mol. The molecule has 1 fully saturated rings. The largest absolute Gasteiger partial charge is 0.338 e. The molecule has 6 nitrogen and oxygen atoms in total. The molecule has 2 atom stereocenters. The molecule has 1 amide bonds. The van der Waals surface area contributed by atoms with Gasteiger partial charge in [0.25, 0.3) is 11.5 Å². The van der Waals surface area contributed by atoms with Gasteiger partial charge in [0.05, 0.1) is 11.6 Å². The first-order valence-electron chi connectivity index (χ1n) is 10.1. The molecule has 2 aliphatic rings. The van der Waals surface area contributed by atoms with E-state index in [1.807, 2.05) is 33.7 Å². The molecule has 0 unspecified atom stereocenters. The normalized spacial score (nSPS) is 19.6. The Morgan fingerprint density at radius 1 is 1.07 bits per heavy atom. The summed E-state index contributed by atoms with van der Waals surface area (Å²) in [5.41, 5.74) is 3.64. The van der Waals surface area contributed by atoms with Crippen molar-refractivity contribution in [2.75, 3.05) is 13.1 Å². The first-order valence-corrected chi connectivity index (χ1v) is 10.1. The van der Waals surface area contributed by atoms with E-state index in [2.05, 4.69) is 11.1 Å². The van der Waals surface area contributed by atoms with Gasteiger partial charge in [0.15, 0.2) is 0 Å². The highest BCUT2D eigenvalue weighted by molar-refractivity contribution is 5.94. The van der Waals surface area contributed by atoms with Crippen molar-refractivity contribution in [1.29, 1.82) is 5.26 Å². The summed E-state index contributed by atoms with van der Waals surface area (Å²) < 4.78 is 1.89. The number of benzene rings is 1. The Bertz CT molecular complexity index is 1210. The number of piperidine rings is 1. The van der Waals surface area contributed by atoms with Gasteiger partial charge in [0.2, 0.25) is 0 Å². The molecule has 1 aromatic carbocycles. The molecule has 30 heavy (non-hydrogen) atoms. The molecule has 6 heteroatoms. The summed E-state index contributed by atoms with van der Waals surface area (Å²) in [5, 5.41) is 8.96. The lowest BCUT2D eigenvalue weighted by Gasteiger charge is -2.43. The van der Waals surface area contributed by atoms with Gasteiger partial charge in [-0.05, 0) is 54.8 Å². The van der Waals surface area contributed by atoms with Crippen molar-refractivity contribution in [3.63, 3.8) is 0 Å². The van der Waals surface area contributed by atoms with E-state index < -0.39 is 0 Å². The highest BCUT2D eigenvalue weighted by atomic mass is 16.2. The molecule has 0 radical (unpaired) electrons. The molecule has 2 aliphatic heterocycles. The zero-order chi connectivity index (χ0) is 20.7. The average Bonchev–Trinajstić information content (AvgIpc) is 2.80. The van der Waals surface area contributed by atoms with E-state index in [1.54, 1.807) is 36.7 Å². The number of aromatic nitrogens is 2. The second kappa shape index (κ2) is 7.27. The molecule has 0 aliphatic carbocycles. The number of pyridine rings is 2. The number of rotatable bonds is 2. The van der Waals surface area contributed by atoms with Gasteiger partial charge in [-0.15, -0.1) is 0 Å². The number of carbonyl (C=O) groups excluding carboxylic acids is 1. The fraction of sp³-hybridized carbons (Fsp3) is 0.250. The quantitative estimate of drug-likeness (QED) is 0.667. The van der Waals surface area contributed by atoms with Crippen molar-refractivity contribution in [3.05, 3.63) is 88.1 Å². The first kappa shape index (κ1) is 18.3. The minimum absolute atomic E-state index is 0.0158. The van der Waals surface area contributed by atoms with E-state index in [9.17, 15) is 9.59 Å². The molecule has 4 heterocycles. The van der Waals surface area contributed by atoms with Crippen LogP contribution in [0.3, 0.4) is 0 Å². The molecule has 2 bridgehead atoms. The van der Waals surface area contributed by atoms with Crippen LogP contribution < -0.4 is 5.56 Å². The Kier molecular flexibility index (Phi) is 4.44. The zero-order valence-electron chi connectivity index (χ0n) is 16.4. The molecule has 3 aromatic rings. The van der Waals surface area contributed by atoms with Crippen molar-refractivity contribution in [1.82, 2.24) is 14.5 Å². The second-order valence-electron chi connectivity index (χ2n) is 8.03. The third-order valence-electron chi connectivity index (χ3n) is 6.12. The van der Waals surface area contributed by atoms with Crippen LogP contribution in [0.25, 0.3) is 11.1 Å². The molecule has 2 aromatic heterocycles. The lowest BCUT2D eigenvalue weighted by atomic mass is 9.82. The Hall–Kier alpha value is -3.72. The SMILES string of the molecule is N#Cc1ccc(C(=O)N2C[C@H]3C[C@H](C2)c2ccc(-c4cccnc4)c(=O)n2C3)cc1. The van der Waals surface area contributed by atoms with E-state index in [4.69, 9.17) is 5.26 Å². The number of nitriles is 1. The van der Waals surface area contributed by atoms with Gasteiger partial charge >= 0.3 is 0 Å². The van der Waals surface area contributed by atoms with E-state index in [-0.39, 0.29) is 23.3 Å². The van der Waals surface area contributed by atoms with Crippen molar-refractivity contribution >= 4 is 5.91 Å². The van der Waals surface area contributed by atoms with Crippen molar-refractivity contribution in [2.45, 2.75) is 18.9 Å². The first-order chi connectivity index (χ1) is 14.6. The van der Waals surface area contributed by atoms with Gasteiger partial charge in [-0.3, -0.25) is 14.6 Å². The number of hydrogen-bond donors (Lipinski definition) is 0. The summed E-state index contributed by atoms with van der Waals surface area (Å²) in [5.74, 6) is 0.382. The smallest absolute Gasteiger partial charge is 0.258 e. The van der Waals surface area contributed by atoms with E-state index in [0.29, 0.717) is 36.3 Å². The number of hydrogen-bond acceptors (Lipinski definition) is 4. The minimum Gasteiger partial charge on any atom is -0.338 e. The number of fused-ring (bicyclic) bond motifs is 4. The van der Waals surface area contributed by atoms with Crippen LogP contribution in [0, 0.1) is 17.2 Å². The van der Waals surface area contributed by atoms with Crippen LogP contribution in [0.15, 0.2) is 65.7 Å². The predicted octanol–water partition coefficient (Wildman–Crippen LogP) is 3.04.